The number of ether oxygens (including phenoxy) is 1. The van der Waals surface area contributed by atoms with Gasteiger partial charge in [-0.05, 0) is 39.5 Å². The molecule has 18 heavy (non-hydrogen) atoms. The smallest absolute Gasteiger partial charge is 0.317 e. The lowest BCUT2D eigenvalue weighted by atomic mass is 9.86. The van der Waals surface area contributed by atoms with Crippen LogP contribution in [0.3, 0.4) is 0 Å². The Bertz CT molecular complexity index is 261. The minimum absolute atomic E-state index is 0.0283. The minimum atomic E-state index is -0.0283. The van der Waals surface area contributed by atoms with E-state index in [9.17, 15) is 4.79 Å². The van der Waals surface area contributed by atoms with Crippen molar-refractivity contribution in [1.82, 2.24) is 10.2 Å². The zero-order valence-electron chi connectivity index (χ0n) is 12.3. The van der Waals surface area contributed by atoms with Gasteiger partial charge in [-0.2, -0.15) is 0 Å². The quantitative estimate of drug-likeness (QED) is 0.822. The lowest BCUT2D eigenvalue weighted by Crippen LogP contribution is -2.51. The van der Waals surface area contributed by atoms with Crippen molar-refractivity contribution in [3.8, 4) is 0 Å². The standard InChI is InChI=1S/C14H28N2O2/c1-5-14(6-2)11-12(9-10-18-14)15-13(17)16(7-3)8-4/h12H,5-11H2,1-4H3,(H,15,17). The number of carbonyl (C=O) groups excluding carboxylic acids is 1. The third-order valence-electron chi connectivity index (χ3n) is 4.16. The van der Waals surface area contributed by atoms with Gasteiger partial charge in [0.05, 0.1) is 5.60 Å². The third kappa shape index (κ3) is 3.61. The number of hydrogen-bond acceptors (Lipinski definition) is 2. The molecule has 0 aromatic rings. The second kappa shape index (κ2) is 6.98. The molecule has 2 amide bonds. The van der Waals surface area contributed by atoms with E-state index in [0.29, 0.717) is 0 Å². The minimum Gasteiger partial charge on any atom is -0.375 e. The maximum Gasteiger partial charge on any atom is 0.317 e. The van der Waals surface area contributed by atoms with E-state index in [4.69, 9.17) is 4.74 Å². The van der Waals surface area contributed by atoms with Crippen molar-refractivity contribution in [3.05, 3.63) is 0 Å². The monoisotopic (exact) mass is 256 g/mol. The average Bonchev–Trinajstić information content (AvgIpc) is 2.40. The zero-order valence-corrected chi connectivity index (χ0v) is 12.3. The van der Waals surface area contributed by atoms with Crippen LogP contribution in [-0.4, -0.2) is 42.3 Å². The molecule has 4 heteroatoms. The first-order valence-electron chi connectivity index (χ1n) is 7.30. The fourth-order valence-electron chi connectivity index (χ4n) is 2.67. The Labute approximate surface area is 111 Å². The molecule has 1 heterocycles. The highest BCUT2D eigenvalue weighted by atomic mass is 16.5. The van der Waals surface area contributed by atoms with Crippen LogP contribution < -0.4 is 5.32 Å². The Morgan fingerprint density at radius 2 is 1.89 bits per heavy atom. The highest BCUT2D eigenvalue weighted by Crippen LogP contribution is 2.31. The maximum absolute atomic E-state index is 12.0. The number of carbonyl (C=O) groups is 1. The molecule has 1 unspecified atom stereocenters. The van der Waals surface area contributed by atoms with Crippen LogP contribution in [0.2, 0.25) is 0 Å². The fraction of sp³-hybridized carbons (Fsp3) is 0.929. The summed E-state index contributed by atoms with van der Waals surface area (Å²) in [5, 5.41) is 3.15. The molecule has 0 aliphatic carbocycles. The predicted molar refractivity (Wildman–Crippen MR) is 73.7 cm³/mol. The number of rotatable bonds is 5. The summed E-state index contributed by atoms with van der Waals surface area (Å²) in [6.07, 6.45) is 3.89. The summed E-state index contributed by atoms with van der Waals surface area (Å²) >= 11 is 0. The molecule has 0 aromatic carbocycles. The van der Waals surface area contributed by atoms with Crippen LogP contribution in [-0.2, 0) is 4.74 Å². The van der Waals surface area contributed by atoms with Gasteiger partial charge in [-0.3, -0.25) is 0 Å². The molecule has 4 nitrogen and oxygen atoms in total. The highest BCUT2D eigenvalue weighted by Gasteiger charge is 2.35. The fourth-order valence-corrected chi connectivity index (χ4v) is 2.67. The van der Waals surface area contributed by atoms with Gasteiger partial charge in [-0.1, -0.05) is 13.8 Å². The summed E-state index contributed by atoms with van der Waals surface area (Å²) in [6, 6.07) is 0.319. The Morgan fingerprint density at radius 1 is 1.28 bits per heavy atom. The first-order valence-corrected chi connectivity index (χ1v) is 7.30. The molecular weight excluding hydrogens is 228 g/mol. The number of nitrogens with zero attached hydrogens (tertiary/aromatic N) is 1. The molecule has 0 aromatic heterocycles. The summed E-state index contributed by atoms with van der Waals surface area (Å²) in [6.45, 7) is 10.6. The van der Waals surface area contributed by atoms with Gasteiger partial charge in [0.15, 0.2) is 0 Å². The Balaban J connectivity index is 2.54. The molecule has 0 spiro atoms. The van der Waals surface area contributed by atoms with Crippen molar-refractivity contribution in [2.45, 2.75) is 65.0 Å². The number of amides is 2. The molecule has 1 aliphatic heterocycles. The molecule has 0 radical (unpaired) electrons. The van der Waals surface area contributed by atoms with Crippen molar-refractivity contribution in [2.24, 2.45) is 0 Å². The van der Waals surface area contributed by atoms with Crippen LogP contribution in [0, 0.1) is 0 Å². The van der Waals surface area contributed by atoms with Crippen LogP contribution in [0.4, 0.5) is 4.79 Å². The lowest BCUT2D eigenvalue weighted by molar-refractivity contribution is -0.0918. The van der Waals surface area contributed by atoms with Gasteiger partial charge in [-0.25, -0.2) is 4.79 Å². The van der Waals surface area contributed by atoms with Gasteiger partial charge in [0.25, 0.3) is 0 Å². The van der Waals surface area contributed by atoms with Gasteiger partial charge >= 0.3 is 6.03 Å². The summed E-state index contributed by atoms with van der Waals surface area (Å²) < 4.78 is 5.92. The van der Waals surface area contributed by atoms with Crippen LogP contribution in [0.25, 0.3) is 0 Å². The van der Waals surface area contributed by atoms with Crippen LogP contribution in [0.15, 0.2) is 0 Å². The van der Waals surface area contributed by atoms with E-state index in [1.165, 1.54) is 0 Å². The molecule has 1 saturated heterocycles. The summed E-state index contributed by atoms with van der Waals surface area (Å²) in [7, 11) is 0. The zero-order chi connectivity index (χ0) is 13.6. The van der Waals surface area contributed by atoms with Crippen molar-refractivity contribution in [2.75, 3.05) is 19.7 Å². The average molecular weight is 256 g/mol. The second-order valence-electron chi connectivity index (χ2n) is 5.05. The van der Waals surface area contributed by atoms with Crippen LogP contribution in [0.1, 0.15) is 53.4 Å². The van der Waals surface area contributed by atoms with Gasteiger partial charge in [0.1, 0.15) is 0 Å². The van der Waals surface area contributed by atoms with E-state index in [1.54, 1.807) is 0 Å². The SMILES string of the molecule is CCN(CC)C(=O)NC1CCOC(CC)(CC)C1. The molecule has 1 fully saturated rings. The lowest BCUT2D eigenvalue weighted by Gasteiger charge is -2.40. The van der Waals surface area contributed by atoms with Gasteiger partial charge < -0.3 is 15.0 Å². The first-order chi connectivity index (χ1) is 8.60. The summed E-state index contributed by atoms with van der Waals surface area (Å²) in [4.78, 5) is 13.9. The van der Waals surface area contributed by atoms with Crippen molar-refractivity contribution < 1.29 is 9.53 Å². The number of hydrogen-bond donors (Lipinski definition) is 1. The highest BCUT2D eigenvalue weighted by molar-refractivity contribution is 5.74. The normalized spacial score (nSPS) is 22.6. The Kier molecular flexibility index (Phi) is 5.93. The number of nitrogens with one attached hydrogen (secondary N) is 1. The summed E-state index contributed by atoms with van der Waals surface area (Å²) in [5.74, 6) is 0. The van der Waals surface area contributed by atoms with Crippen LogP contribution >= 0.6 is 0 Å². The molecular formula is C14H28N2O2. The maximum atomic E-state index is 12.0. The van der Waals surface area contributed by atoms with E-state index in [1.807, 2.05) is 18.7 Å². The topological polar surface area (TPSA) is 41.6 Å². The Hall–Kier alpha value is -0.770. The van der Waals surface area contributed by atoms with E-state index < -0.39 is 0 Å². The first kappa shape index (κ1) is 15.3. The second-order valence-corrected chi connectivity index (χ2v) is 5.05. The third-order valence-corrected chi connectivity index (χ3v) is 4.16. The van der Waals surface area contributed by atoms with Gasteiger partial charge in [0, 0.05) is 25.7 Å². The molecule has 106 valence electrons. The van der Waals surface area contributed by atoms with E-state index in [-0.39, 0.29) is 17.7 Å². The van der Waals surface area contributed by atoms with E-state index in [0.717, 1.165) is 45.4 Å². The molecule has 1 rings (SSSR count). The van der Waals surface area contributed by atoms with E-state index >= 15 is 0 Å². The van der Waals surface area contributed by atoms with E-state index in [2.05, 4.69) is 19.2 Å². The molecule has 1 aliphatic rings. The Morgan fingerprint density at radius 3 is 2.39 bits per heavy atom. The number of urea groups is 1. The van der Waals surface area contributed by atoms with Crippen molar-refractivity contribution in [3.63, 3.8) is 0 Å². The molecule has 0 saturated carbocycles. The predicted octanol–water partition coefficient (Wildman–Crippen LogP) is 2.78. The molecule has 0 bridgehead atoms. The largest absolute Gasteiger partial charge is 0.375 e. The van der Waals surface area contributed by atoms with Crippen molar-refractivity contribution in [1.29, 1.82) is 0 Å². The molecule has 1 atom stereocenters. The van der Waals surface area contributed by atoms with Crippen LogP contribution in [0.5, 0.6) is 0 Å². The van der Waals surface area contributed by atoms with Crippen molar-refractivity contribution >= 4 is 6.03 Å². The van der Waals surface area contributed by atoms with Gasteiger partial charge in [0.2, 0.25) is 0 Å². The summed E-state index contributed by atoms with van der Waals surface area (Å²) in [5.41, 5.74) is -0.0283. The van der Waals surface area contributed by atoms with Gasteiger partial charge in [-0.15, -0.1) is 0 Å². The molecule has 1 N–H and O–H groups in total.